The van der Waals surface area contributed by atoms with Gasteiger partial charge in [0, 0.05) is 49.0 Å². The largest absolute Gasteiger partial charge is 0.466 e. The number of allylic oxidation sites excluding steroid dienone is 2. The Morgan fingerprint density at radius 3 is 2.13 bits per heavy atom. The highest BCUT2D eigenvalue weighted by Crippen LogP contribution is 2.41. The summed E-state index contributed by atoms with van der Waals surface area (Å²) in [5.74, 6) is -1.85. The maximum Gasteiger partial charge on any atom is 0.337 e. The molecule has 9 heteroatoms. The number of methoxy groups -OCH3 is 1. The van der Waals surface area contributed by atoms with Crippen LogP contribution < -0.4 is 5.32 Å². The smallest absolute Gasteiger partial charge is 0.337 e. The molecule has 1 fully saturated rings. The van der Waals surface area contributed by atoms with Crippen LogP contribution >= 0.6 is 0 Å². The maximum atomic E-state index is 14.0. The summed E-state index contributed by atoms with van der Waals surface area (Å²) in [5.41, 5.74) is 3.54. The molecular weight excluding hydrogens is 570 g/mol. The molecule has 1 saturated heterocycles. The van der Waals surface area contributed by atoms with Crippen LogP contribution in [0.15, 0.2) is 107 Å². The first-order valence-electron chi connectivity index (χ1n) is 15.2. The quantitative estimate of drug-likeness (QED) is 0.164. The fourth-order valence-corrected chi connectivity index (χ4v) is 6.58. The Hall–Kier alpha value is -4.76. The number of dihydropyridines is 1. The zero-order chi connectivity index (χ0) is 32.1. The van der Waals surface area contributed by atoms with Gasteiger partial charge < -0.3 is 14.8 Å². The Bertz CT molecular complexity index is 1600. The standard InChI is InChI=1S/C36H39N3O6/c1-24-31(34(40)44-4)33(28-16-11-17-29(22-28)39(42)43)32(25(2)37-24)35(41)45-36(3)19-21-38(23-36)20-18-30(26-12-7-5-8-13-26)27-14-9-6-10-15-27/h5-17,22,30,33,37H,18-21,23H2,1-4H3/t33-,36+/m0/s1. The van der Waals surface area contributed by atoms with E-state index < -0.39 is 28.4 Å². The molecule has 2 atom stereocenters. The highest BCUT2D eigenvalue weighted by Gasteiger charge is 2.43. The number of likely N-dealkylation sites (tertiary alicyclic amines) is 1. The Balaban J connectivity index is 1.35. The molecular formula is C36H39N3O6. The van der Waals surface area contributed by atoms with E-state index in [1.165, 1.54) is 30.4 Å². The summed E-state index contributed by atoms with van der Waals surface area (Å²) in [5, 5.41) is 14.7. The molecule has 2 aliphatic heterocycles. The van der Waals surface area contributed by atoms with Gasteiger partial charge in [0.1, 0.15) is 5.60 Å². The topological polar surface area (TPSA) is 111 Å². The number of benzene rings is 3. The maximum absolute atomic E-state index is 14.0. The van der Waals surface area contributed by atoms with Crippen LogP contribution in [0.1, 0.15) is 62.1 Å². The van der Waals surface area contributed by atoms with Gasteiger partial charge in [-0.2, -0.15) is 0 Å². The van der Waals surface area contributed by atoms with Crippen molar-refractivity contribution in [2.24, 2.45) is 0 Å². The highest BCUT2D eigenvalue weighted by molar-refractivity contribution is 6.00. The fraction of sp³-hybridized carbons (Fsp3) is 0.333. The summed E-state index contributed by atoms with van der Waals surface area (Å²) in [4.78, 5) is 40.5. The fourth-order valence-electron chi connectivity index (χ4n) is 6.58. The molecule has 2 aliphatic rings. The number of esters is 2. The molecule has 9 nitrogen and oxygen atoms in total. The number of hydrogen-bond donors (Lipinski definition) is 1. The second-order valence-electron chi connectivity index (χ2n) is 12.0. The number of non-ortho nitro benzene ring substituents is 1. The van der Waals surface area contributed by atoms with Gasteiger partial charge in [0.05, 0.1) is 29.1 Å². The van der Waals surface area contributed by atoms with E-state index in [4.69, 9.17) is 9.47 Å². The first-order valence-corrected chi connectivity index (χ1v) is 15.2. The van der Waals surface area contributed by atoms with Crippen molar-refractivity contribution < 1.29 is 24.0 Å². The van der Waals surface area contributed by atoms with E-state index in [2.05, 4.69) is 58.7 Å². The van der Waals surface area contributed by atoms with Crippen molar-refractivity contribution in [3.8, 4) is 0 Å². The van der Waals surface area contributed by atoms with E-state index in [-0.39, 0.29) is 22.8 Å². The van der Waals surface area contributed by atoms with Gasteiger partial charge in [0.15, 0.2) is 0 Å². The molecule has 3 aromatic carbocycles. The van der Waals surface area contributed by atoms with Gasteiger partial charge in [0.25, 0.3) is 5.69 Å². The lowest BCUT2D eigenvalue weighted by Crippen LogP contribution is -2.39. The summed E-state index contributed by atoms with van der Waals surface area (Å²) in [7, 11) is 1.27. The molecule has 5 rings (SSSR count). The van der Waals surface area contributed by atoms with Crippen LogP contribution in [0.25, 0.3) is 0 Å². The second kappa shape index (κ2) is 13.5. The normalized spacial score (nSPS) is 20.2. The second-order valence-corrected chi connectivity index (χ2v) is 12.0. The molecule has 0 radical (unpaired) electrons. The van der Waals surface area contributed by atoms with Crippen LogP contribution in [0.2, 0.25) is 0 Å². The Labute approximate surface area is 263 Å². The van der Waals surface area contributed by atoms with Gasteiger partial charge in [-0.15, -0.1) is 0 Å². The van der Waals surface area contributed by atoms with Crippen molar-refractivity contribution in [2.75, 3.05) is 26.7 Å². The third-order valence-electron chi connectivity index (χ3n) is 8.79. The average molecular weight is 610 g/mol. The van der Waals surface area contributed by atoms with Crippen molar-refractivity contribution in [3.05, 3.63) is 134 Å². The molecule has 0 saturated carbocycles. The molecule has 0 bridgehead atoms. The Kier molecular flexibility index (Phi) is 9.48. The number of nitrogens with zero attached hydrogens (tertiary/aromatic N) is 2. The predicted octanol–water partition coefficient (Wildman–Crippen LogP) is 6.23. The molecule has 0 aromatic heterocycles. The van der Waals surface area contributed by atoms with Gasteiger partial charge in [0.2, 0.25) is 0 Å². The molecule has 234 valence electrons. The molecule has 3 aromatic rings. The molecule has 1 N–H and O–H groups in total. The first-order chi connectivity index (χ1) is 21.6. The number of carbonyl (C=O) groups excluding carboxylic acids is 2. The lowest BCUT2D eigenvalue weighted by molar-refractivity contribution is -0.384. The predicted molar refractivity (Wildman–Crippen MR) is 171 cm³/mol. The number of hydrogen-bond acceptors (Lipinski definition) is 8. The minimum Gasteiger partial charge on any atom is -0.466 e. The SMILES string of the molecule is COC(=O)C1=C(C)NC(C)=C(C(=O)O[C@]2(C)CCN(CCC(c3ccccc3)c3ccccc3)C2)[C@H]1c1cccc([N+](=O)[O-])c1. The van der Waals surface area contributed by atoms with Crippen molar-refractivity contribution in [2.45, 2.75) is 51.0 Å². The van der Waals surface area contributed by atoms with Crippen LogP contribution in [-0.2, 0) is 19.1 Å². The van der Waals surface area contributed by atoms with Gasteiger partial charge in [-0.1, -0.05) is 72.8 Å². The number of nitro groups is 1. The van der Waals surface area contributed by atoms with Crippen molar-refractivity contribution in [3.63, 3.8) is 0 Å². The van der Waals surface area contributed by atoms with Gasteiger partial charge in [-0.25, -0.2) is 9.59 Å². The van der Waals surface area contributed by atoms with Crippen LogP contribution in [0.4, 0.5) is 5.69 Å². The lowest BCUT2D eigenvalue weighted by Gasteiger charge is -2.33. The molecule has 0 unspecified atom stereocenters. The Morgan fingerprint density at radius 2 is 1.56 bits per heavy atom. The van der Waals surface area contributed by atoms with E-state index in [0.29, 0.717) is 29.9 Å². The molecule has 0 spiro atoms. The molecule has 2 heterocycles. The van der Waals surface area contributed by atoms with E-state index in [9.17, 15) is 19.7 Å². The third-order valence-corrected chi connectivity index (χ3v) is 8.79. The zero-order valence-corrected chi connectivity index (χ0v) is 26.1. The Morgan fingerprint density at radius 1 is 0.956 bits per heavy atom. The number of nitro benzene ring substituents is 1. The first kappa shape index (κ1) is 31.7. The summed E-state index contributed by atoms with van der Waals surface area (Å²) >= 11 is 0. The van der Waals surface area contributed by atoms with Crippen LogP contribution in [-0.4, -0.2) is 54.1 Å². The van der Waals surface area contributed by atoms with Gasteiger partial charge in [-0.3, -0.25) is 15.0 Å². The minimum absolute atomic E-state index is 0.138. The minimum atomic E-state index is -0.898. The van der Waals surface area contributed by atoms with Crippen LogP contribution in [0.5, 0.6) is 0 Å². The third kappa shape index (κ3) is 6.99. The van der Waals surface area contributed by atoms with Gasteiger partial charge in [-0.05, 0) is 50.4 Å². The summed E-state index contributed by atoms with van der Waals surface area (Å²) in [6.45, 7) is 7.57. The summed E-state index contributed by atoms with van der Waals surface area (Å²) < 4.78 is 11.3. The highest BCUT2D eigenvalue weighted by atomic mass is 16.6. The van der Waals surface area contributed by atoms with E-state index in [0.717, 1.165) is 19.5 Å². The van der Waals surface area contributed by atoms with Crippen molar-refractivity contribution in [1.82, 2.24) is 10.2 Å². The average Bonchev–Trinajstić information content (AvgIpc) is 3.41. The van der Waals surface area contributed by atoms with Crippen LogP contribution in [0.3, 0.4) is 0 Å². The van der Waals surface area contributed by atoms with E-state index in [1.807, 2.05) is 19.1 Å². The molecule has 45 heavy (non-hydrogen) atoms. The van der Waals surface area contributed by atoms with E-state index >= 15 is 0 Å². The van der Waals surface area contributed by atoms with E-state index in [1.54, 1.807) is 26.0 Å². The number of ether oxygens (including phenoxy) is 2. The lowest BCUT2D eigenvalue weighted by atomic mass is 9.80. The van der Waals surface area contributed by atoms with Crippen molar-refractivity contribution in [1.29, 1.82) is 0 Å². The number of nitrogens with one attached hydrogen (secondary N) is 1. The van der Waals surface area contributed by atoms with Gasteiger partial charge >= 0.3 is 11.9 Å². The molecule has 0 amide bonds. The zero-order valence-electron chi connectivity index (χ0n) is 26.1. The van der Waals surface area contributed by atoms with Crippen molar-refractivity contribution >= 4 is 17.6 Å². The molecule has 0 aliphatic carbocycles. The van der Waals surface area contributed by atoms with Crippen LogP contribution in [0, 0.1) is 10.1 Å². The number of carbonyl (C=O) groups is 2. The summed E-state index contributed by atoms with van der Waals surface area (Å²) in [6, 6.07) is 27.0. The monoisotopic (exact) mass is 609 g/mol. The number of rotatable bonds is 10. The summed E-state index contributed by atoms with van der Waals surface area (Å²) in [6.07, 6.45) is 1.56.